The molecule has 0 saturated carbocycles. The van der Waals surface area contributed by atoms with E-state index >= 15 is 0 Å². The Morgan fingerprint density at radius 1 is 1.18 bits per heavy atom. The van der Waals surface area contributed by atoms with Gasteiger partial charge in [-0.2, -0.15) is 0 Å². The lowest BCUT2D eigenvalue weighted by atomic mass is 9.82. The first kappa shape index (κ1) is 16.4. The van der Waals surface area contributed by atoms with E-state index < -0.39 is 0 Å². The van der Waals surface area contributed by atoms with Crippen LogP contribution in [0.25, 0.3) is 0 Å². The maximum absolute atomic E-state index is 12.0. The average molecular weight is 242 g/mol. The first-order valence-corrected chi connectivity index (χ1v) is 6.76. The highest BCUT2D eigenvalue weighted by molar-refractivity contribution is 5.81. The molecule has 0 aromatic rings. The molecule has 0 aliphatic carbocycles. The molecule has 2 atom stereocenters. The third kappa shape index (κ3) is 5.53. The van der Waals surface area contributed by atoms with Crippen LogP contribution >= 0.6 is 0 Å². The fraction of sp³-hybridized carbons (Fsp3) is 0.929. The molecule has 0 radical (unpaired) electrons. The monoisotopic (exact) mass is 242 g/mol. The van der Waals surface area contributed by atoms with Gasteiger partial charge in [-0.1, -0.05) is 27.7 Å². The van der Waals surface area contributed by atoms with Crippen LogP contribution < -0.4 is 5.32 Å². The zero-order valence-corrected chi connectivity index (χ0v) is 12.6. The number of rotatable bonds is 6. The summed E-state index contributed by atoms with van der Waals surface area (Å²) in [4.78, 5) is 13.9. The summed E-state index contributed by atoms with van der Waals surface area (Å²) < 4.78 is 0. The molecular formula is C14H30N2O. The molecule has 0 saturated heterocycles. The van der Waals surface area contributed by atoms with Gasteiger partial charge >= 0.3 is 0 Å². The SMILES string of the molecule is CCN(CC)C(=O)C(C)NCC(C)C(C)(C)C. The summed E-state index contributed by atoms with van der Waals surface area (Å²) in [6, 6.07) is -0.0836. The van der Waals surface area contributed by atoms with E-state index in [1.165, 1.54) is 0 Å². The number of carbonyl (C=O) groups is 1. The minimum absolute atomic E-state index is 0.0836. The van der Waals surface area contributed by atoms with Gasteiger partial charge in [0, 0.05) is 13.1 Å². The van der Waals surface area contributed by atoms with Crippen molar-refractivity contribution in [1.82, 2.24) is 10.2 Å². The minimum Gasteiger partial charge on any atom is -0.342 e. The maximum Gasteiger partial charge on any atom is 0.239 e. The quantitative estimate of drug-likeness (QED) is 0.776. The van der Waals surface area contributed by atoms with Crippen molar-refractivity contribution in [3.63, 3.8) is 0 Å². The molecule has 0 aromatic carbocycles. The molecule has 2 unspecified atom stereocenters. The number of nitrogens with one attached hydrogen (secondary N) is 1. The van der Waals surface area contributed by atoms with E-state index in [0.717, 1.165) is 19.6 Å². The Morgan fingerprint density at radius 2 is 1.65 bits per heavy atom. The van der Waals surface area contributed by atoms with Gasteiger partial charge in [0.25, 0.3) is 0 Å². The van der Waals surface area contributed by atoms with Crippen LogP contribution in [-0.4, -0.2) is 36.5 Å². The van der Waals surface area contributed by atoms with Crippen LogP contribution in [0.4, 0.5) is 0 Å². The highest BCUT2D eigenvalue weighted by Crippen LogP contribution is 2.24. The van der Waals surface area contributed by atoms with Crippen molar-refractivity contribution in [2.45, 2.75) is 54.5 Å². The Labute approximate surface area is 107 Å². The Morgan fingerprint density at radius 3 is 2.00 bits per heavy atom. The van der Waals surface area contributed by atoms with Crippen molar-refractivity contribution in [3.05, 3.63) is 0 Å². The topological polar surface area (TPSA) is 32.3 Å². The van der Waals surface area contributed by atoms with Crippen molar-refractivity contribution in [2.24, 2.45) is 11.3 Å². The molecular weight excluding hydrogens is 212 g/mol. The fourth-order valence-corrected chi connectivity index (χ4v) is 1.56. The maximum atomic E-state index is 12.0. The van der Waals surface area contributed by atoms with Gasteiger partial charge in [0.15, 0.2) is 0 Å². The molecule has 1 N–H and O–H groups in total. The van der Waals surface area contributed by atoms with Gasteiger partial charge in [-0.15, -0.1) is 0 Å². The molecule has 102 valence electrons. The van der Waals surface area contributed by atoms with E-state index in [9.17, 15) is 4.79 Å². The standard InChI is InChI=1S/C14H30N2O/c1-8-16(9-2)13(17)12(4)15-10-11(3)14(5,6)7/h11-12,15H,8-10H2,1-7H3. The Hall–Kier alpha value is -0.570. The van der Waals surface area contributed by atoms with Crippen molar-refractivity contribution < 1.29 is 4.79 Å². The summed E-state index contributed by atoms with van der Waals surface area (Å²) >= 11 is 0. The van der Waals surface area contributed by atoms with Crippen LogP contribution in [0.5, 0.6) is 0 Å². The zero-order valence-electron chi connectivity index (χ0n) is 12.6. The van der Waals surface area contributed by atoms with Crippen molar-refractivity contribution >= 4 is 5.91 Å². The summed E-state index contributed by atoms with van der Waals surface area (Å²) in [5.74, 6) is 0.755. The molecule has 17 heavy (non-hydrogen) atoms. The Bertz CT molecular complexity index is 229. The number of hydrogen-bond acceptors (Lipinski definition) is 2. The van der Waals surface area contributed by atoms with Crippen LogP contribution in [0.2, 0.25) is 0 Å². The normalized spacial score (nSPS) is 15.5. The summed E-state index contributed by atoms with van der Waals surface area (Å²) in [6.45, 7) is 17.4. The Kier molecular flexibility index (Phi) is 6.76. The lowest BCUT2D eigenvalue weighted by Gasteiger charge is -2.30. The highest BCUT2D eigenvalue weighted by Gasteiger charge is 2.22. The van der Waals surface area contributed by atoms with E-state index in [4.69, 9.17) is 0 Å². The highest BCUT2D eigenvalue weighted by atomic mass is 16.2. The molecule has 3 heteroatoms. The van der Waals surface area contributed by atoms with E-state index in [-0.39, 0.29) is 17.4 Å². The Balaban J connectivity index is 4.18. The second-order valence-electron chi connectivity index (χ2n) is 5.91. The number of amides is 1. The minimum atomic E-state index is -0.0836. The molecule has 0 aliphatic heterocycles. The smallest absolute Gasteiger partial charge is 0.239 e. The van der Waals surface area contributed by atoms with Crippen LogP contribution in [0, 0.1) is 11.3 Å². The van der Waals surface area contributed by atoms with Crippen LogP contribution in [0.1, 0.15) is 48.5 Å². The van der Waals surface area contributed by atoms with Crippen LogP contribution in [0.15, 0.2) is 0 Å². The molecule has 0 rings (SSSR count). The predicted molar refractivity (Wildman–Crippen MR) is 74.0 cm³/mol. The number of hydrogen-bond donors (Lipinski definition) is 1. The second-order valence-corrected chi connectivity index (χ2v) is 5.91. The van der Waals surface area contributed by atoms with E-state index in [0.29, 0.717) is 5.92 Å². The fourth-order valence-electron chi connectivity index (χ4n) is 1.56. The first-order valence-electron chi connectivity index (χ1n) is 6.76. The molecule has 0 aliphatic rings. The van der Waals surface area contributed by atoms with Gasteiger partial charge in [-0.05, 0) is 38.6 Å². The largest absolute Gasteiger partial charge is 0.342 e. The van der Waals surface area contributed by atoms with Crippen LogP contribution in [0.3, 0.4) is 0 Å². The molecule has 0 heterocycles. The van der Waals surface area contributed by atoms with E-state index in [1.54, 1.807) is 0 Å². The average Bonchev–Trinajstić information content (AvgIpc) is 2.25. The summed E-state index contributed by atoms with van der Waals surface area (Å²) in [5, 5.41) is 3.35. The molecule has 3 nitrogen and oxygen atoms in total. The molecule has 0 bridgehead atoms. The summed E-state index contributed by atoms with van der Waals surface area (Å²) in [7, 11) is 0. The van der Waals surface area contributed by atoms with E-state index in [1.807, 2.05) is 25.7 Å². The second kappa shape index (κ2) is 7.00. The third-order valence-electron chi connectivity index (χ3n) is 3.65. The van der Waals surface area contributed by atoms with Gasteiger partial charge in [-0.25, -0.2) is 0 Å². The number of likely N-dealkylation sites (N-methyl/N-ethyl adjacent to an activating group) is 1. The molecule has 0 aromatic heterocycles. The van der Waals surface area contributed by atoms with Gasteiger partial charge in [0.05, 0.1) is 6.04 Å². The zero-order chi connectivity index (χ0) is 13.6. The van der Waals surface area contributed by atoms with Crippen LogP contribution in [-0.2, 0) is 4.79 Å². The summed E-state index contributed by atoms with van der Waals surface area (Å²) in [5.41, 5.74) is 0.283. The van der Waals surface area contributed by atoms with Crippen molar-refractivity contribution in [3.8, 4) is 0 Å². The van der Waals surface area contributed by atoms with Gasteiger partial charge in [0.1, 0.15) is 0 Å². The lowest BCUT2D eigenvalue weighted by molar-refractivity contribution is -0.132. The van der Waals surface area contributed by atoms with Crippen molar-refractivity contribution in [2.75, 3.05) is 19.6 Å². The van der Waals surface area contributed by atoms with Crippen molar-refractivity contribution in [1.29, 1.82) is 0 Å². The third-order valence-corrected chi connectivity index (χ3v) is 3.65. The van der Waals surface area contributed by atoms with Gasteiger partial charge < -0.3 is 10.2 Å². The van der Waals surface area contributed by atoms with E-state index in [2.05, 4.69) is 33.0 Å². The predicted octanol–water partition coefficient (Wildman–Crippen LogP) is 2.52. The molecule has 1 amide bonds. The first-order chi connectivity index (χ1) is 7.73. The molecule has 0 fully saturated rings. The number of nitrogens with zero attached hydrogens (tertiary/aromatic N) is 1. The summed E-state index contributed by atoms with van der Waals surface area (Å²) in [6.07, 6.45) is 0. The molecule has 0 spiro atoms. The van der Waals surface area contributed by atoms with Gasteiger partial charge in [-0.3, -0.25) is 4.79 Å². The number of carbonyl (C=O) groups excluding carboxylic acids is 1. The lowest BCUT2D eigenvalue weighted by Crippen LogP contribution is -2.46. The van der Waals surface area contributed by atoms with Gasteiger partial charge in [0.2, 0.25) is 5.91 Å².